The normalized spacial score (nSPS) is 14.1. The van der Waals surface area contributed by atoms with Crippen molar-refractivity contribution in [3.63, 3.8) is 0 Å². The van der Waals surface area contributed by atoms with Crippen LogP contribution in [0.4, 0.5) is 28.4 Å². The van der Waals surface area contributed by atoms with Crippen LogP contribution in [0.1, 0.15) is 74.0 Å². The summed E-state index contributed by atoms with van der Waals surface area (Å²) in [6.45, 7) is 3.34. The van der Waals surface area contributed by atoms with Gasteiger partial charge in [0.2, 0.25) is 11.6 Å². The summed E-state index contributed by atoms with van der Waals surface area (Å²) < 4.78 is 73.9. The second-order valence-corrected chi connectivity index (χ2v) is 16.9. The number of anilines is 5. The Kier molecular flexibility index (Phi) is 17.8. The molecule has 324 valence electrons. The van der Waals surface area contributed by atoms with Gasteiger partial charge in [-0.25, -0.2) is 16.8 Å². The molecule has 19 nitrogen and oxygen atoms in total. The van der Waals surface area contributed by atoms with Crippen LogP contribution in [0.25, 0.3) is 12.2 Å². The van der Waals surface area contributed by atoms with E-state index in [1.165, 1.54) is 84.9 Å². The van der Waals surface area contributed by atoms with Crippen molar-refractivity contribution in [1.82, 2.24) is 0 Å². The van der Waals surface area contributed by atoms with E-state index in [4.69, 9.17) is 5.73 Å². The van der Waals surface area contributed by atoms with Crippen LogP contribution in [0.15, 0.2) is 117 Å². The molecular weight excluding hydrogens is 940 g/mol. The predicted octanol–water partition coefficient (Wildman–Crippen LogP) is -5.13. The zero-order chi connectivity index (χ0) is 46.2. The number of benzene rings is 5. The Balaban J connectivity index is 0.00000327. The summed E-state index contributed by atoms with van der Waals surface area (Å²) in [5, 5.41) is 24.5. The van der Waals surface area contributed by atoms with Crippen molar-refractivity contribution >= 4 is 102 Å². The number of allylic oxidation sites excluding steroid dienone is 2. The maximum Gasteiger partial charge on any atom is 1.00 e. The molecule has 2 aliphatic rings. The number of carbonyl (C=O) groups excluding carboxylic acids is 5. The number of carbonyl (C=O) groups is 5. The Morgan fingerprint density at radius 1 is 0.582 bits per heavy atom. The van der Waals surface area contributed by atoms with E-state index in [1.54, 1.807) is 26.0 Å². The first-order valence-corrected chi connectivity index (χ1v) is 21.3. The van der Waals surface area contributed by atoms with Gasteiger partial charge >= 0.3 is 88.7 Å². The largest absolute Gasteiger partial charge is 1.00 e. The number of nitrogens with two attached hydrogens (primary N) is 1. The minimum atomic E-state index is -5.32. The summed E-state index contributed by atoms with van der Waals surface area (Å²) in [4.78, 5) is 62.7. The number of aromatic carboxylic acids is 1. The summed E-state index contributed by atoms with van der Waals surface area (Å²) in [6.07, 6.45) is 1.86. The molecule has 5 aromatic carbocycles. The zero-order valence-corrected chi connectivity index (χ0v) is 43.7. The van der Waals surface area contributed by atoms with Crippen molar-refractivity contribution in [2.24, 2.45) is 10.2 Å². The first-order valence-electron chi connectivity index (χ1n) is 18.5. The molecule has 5 aromatic rings. The Morgan fingerprint density at radius 3 is 1.51 bits per heavy atom. The van der Waals surface area contributed by atoms with E-state index in [9.17, 15) is 55.0 Å². The third-order valence-electron chi connectivity index (χ3n) is 9.87. The first-order chi connectivity index (χ1) is 30.2. The number of carboxylic acids is 1. The Morgan fingerprint density at radius 2 is 1.04 bits per heavy atom. The number of rotatable bonds is 11. The number of hydrogen-bond donors (Lipinski definition) is 5. The predicted molar refractivity (Wildman–Crippen MR) is 232 cm³/mol. The van der Waals surface area contributed by atoms with Crippen LogP contribution in [0, 0.1) is 13.8 Å². The maximum absolute atomic E-state index is 13.6. The summed E-state index contributed by atoms with van der Waals surface area (Å²) in [5.41, 5.74) is 11.1. The van der Waals surface area contributed by atoms with E-state index in [0.717, 1.165) is 17.7 Å². The van der Waals surface area contributed by atoms with Gasteiger partial charge in [-0.1, -0.05) is 24.3 Å². The second-order valence-electron chi connectivity index (χ2n) is 14.2. The van der Waals surface area contributed by atoms with E-state index in [-0.39, 0.29) is 150 Å². The van der Waals surface area contributed by atoms with Gasteiger partial charge in [0.15, 0.2) is 0 Å². The van der Waals surface area contributed by atoms with Gasteiger partial charge in [-0.05, 0) is 121 Å². The number of carboxylic acid groups (broad SMARTS) is 1. The number of aryl methyl sites for hydroxylation is 2. The number of amides is 2. The van der Waals surface area contributed by atoms with Gasteiger partial charge in [-0.2, -0.15) is 10.2 Å². The van der Waals surface area contributed by atoms with Gasteiger partial charge in [0.25, 0.3) is 11.8 Å². The monoisotopic (exact) mass is 969 g/mol. The number of hydrogen-bond acceptors (Lipinski definition) is 17. The minimum Gasteiger partial charge on any atom is -0.744 e. The van der Waals surface area contributed by atoms with Crippen molar-refractivity contribution in [2.45, 2.75) is 13.8 Å². The molecule has 0 atom stereocenters. The van der Waals surface area contributed by atoms with Crippen LogP contribution < -0.4 is 121 Å². The van der Waals surface area contributed by atoms with Crippen LogP contribution in [-0.4, -0.2) is 66.7 Å². The number of hydrazone groups is 2. The molecule has 0 aliphatic heterocycles. The van der Waals surface area contributed by atoms with Crippen molar-refractivity contribution < 1.29 is 144 Å². The van der Waals surface area contributed by atoms with E-state index in [2.05, 4.69) is 31.7 Å². The average Bonchev–Trinajstić information content (AvgIpc) is 3.23. The Hall–Kier alpha value is -5.11. The fourth-order valence-electron chi connectivity index (χ4n) is 6.53. The molecule has 0 radical (unpaired) electrons. The topological polar surface area (TPSA) is 322 Å². The molecule has 0 heterocycles. The van der Waals surface area contributed by atoms with E-state index in [1.807, 2.05) is 0 Å². The first kappa shape index (κ1) is 54.5. The molecule has 0 bridgehead atoms. The Bertz CT molecular complexity index is 3280. The summed E-state index contributed by atoms with van der Waals surface area (Å²) >= 11 is 0. The summed E-state index contributed by atoms with van der Waals surface area (Å²) in [5.74, 6) is -4.68. The molecule has 2 aliphatic carbocycles. The van der Waals surface area contributed by atoms with Gasteiger partial charge in [0.1, 0.15) is 31.7 Å². The van der Waals surface area contributed by atoms with Gasteiger partial charge in [-0.15, -0.1) is 0 Å². The van der Waals surface area contributed by atoms with E-state index < -0.39 is 70.8 Å². The van der Waals surface area contributed by atoms with Crippen LogP contribution in [-0.2, 0) is 20.2 Å². The number of para-hydroxylation sites is 1. The standard InChI is InChI=1S/C43H33N7O12S2.3Na/c1-21-7-8-24(18-32(21)44)42(54)46-28-11-13-29-26(17-28)19-35(63(57,58)59)37(39(29)51)49-47-33-14-9-23(15-22(33)2)41(53)45-27-10-12-30-25(16-27)20-36(64(60,61)62)38(40(30)52)50-48-34-6-4-3-5-31(34)43(55)56;;;/h3-20,47-48H,44H2,1-2H3,(H,45,53)(H,46,54)(H,55,56)(H,57,58,59)(H,60,61,62);;;/q;3*+1/p-3/b49-37+,50-38+;;;. The van der Waals surface area contributed by atoms with Gasteiger partial charge in [-0.3, -0.25) is 30.0 Å². The SMILES string of the molecule is Cc1ccc(C(=O)Nc2ccc3c(c2)C=C(S(=O)(=O)[O-])/C(=N\Nc2ccc(C(=O)Nc4ccc5c(c4)C=C(S(=O)(=O)[O-])/C(=N\Nc4ccccc4C(=O)[O-])C5=O)cc2C)C3=O)cc1N.[Na+].[Na+].[Na+]. The minimum absolute atomic E-state index is 0. The van der Waals surface area contributed by atoms with Crippen LogP contribution >= 0.6 is 0 Å². The zero-order valence-electron chi connectivity index (χ0n) is 36.1. The van der Waals surface area contributed by atoms with E-state index >= 15 is 0 Å². The van der Waals surface area contributed by atoms with Gasteiger partial charge < -0.3 is 35.4 Å². The molecule has 0 aromatic heterocycles. The molecular formula is C43H30N7Na3O12S2. The smallest absolute Gasteiger partial charge is 0.744 e. The summed E-state index contributed by atoms with van der Waals surface area (Å²) in [7, 11) is -10.6. The molecule has 7 rings (SSSR count). The molecule has 0 unspecified atom stereocenters. The van der Waals surface area contributed by atoms with Crippen LogP contribution in [0.2, 0.25) is 0 Å². The van der Waals surface area contributed by atoms with Crippen molar-refractivity contribution in [3.05, 3.63) is 157 Å². The molecule has 0 saturated carbocycles. The quantitative estimate of drug-likeness (QED) is 0.0358. The number of nitrogens with one attached hydrogen (secondary N) is 4. The van der Waals surface area contributed by atoms with Gasteiger partial charge in [0, 0.05) is 44.9 Å². The Labute approximate surface area is 448 Å². The number of Topliss-reactive ketones (excluding diaryl/α,β-unsaturated/α-hetero) is 2. The summed E-state index contributed by atoms with van der Waals surface area (Å²) in [6, 6.07) is 22.1. The van der Waals surface area contributed by atoms with Gasteiger partial charge in [0.05, 0.1) is 27.2 Å². The molecule has 24 heteroatoms. The van der Waals surface area contributed by atoms with Crippen LogP contribution in [0.3, 0.4) is 0 Å². The van der Waals surface area contributed by atoms with Crippen molar-refractivity contribution in [1.29, 1.82) is 0 Å². The molecule has 0 saturated heterocycles. The van der Waals surface area contributed by atoms with Crippen molar-refractivity contribution in [3.8, 4) is 0 Å². The molecule has 6 N–H and O–H groups in total. The molecule has 67 heavy (non-hydrogen) atoms. The third-order valence-corrected chi connectivity index (χ3v) is 11.6. The van der Waals surface area contributed by atoms with E-state index in [0.29, 0.717) is 11.3 Å². The van der Waals surface area contributed by atoms with Crippen LogP contribution in [0.5, 0.6) is 0 Å². The third kappa shape index (κ3) is 12.1. The number of fused-ring (bicyclic) bond motifs is 2. The molecule has 0 spiro atoms. The number of ketones is 2. The maximum atomic E-state index is 13.6. The number of nitrogens with zero attached hydrogens (tertiary/aromatic N) is 2. The van der Waals surface area contributed by atoms with Crippen molar-refractivity contribution in [2.75, 3.05) is 27.2 Å². The fraction of sp³-hybridized carbons (Fsp3) is 0.0465. The fourth-order valence-corrected chi connectivity index (χ4v) is 7.83. The number of nitrogen functional groups attached to an aromatic ring is 1. The second kappa shape index (κ2) is 21.9. The average molecular weight is 970 g/mol. The molecule has 2 amide bonds. The molecule has 0 fully saturated rings.